The highest BCUT2D eigenvalue weighted by molar-refractivity contribution is 8.13. The van der Waals surface area contributed by atoms with Crippen molar-refractivity contribution < 1.29 is 17.6 Å². The topological polar surface area (TPSA) is 63.2 Å². The van der Waals surface area contributed by atoms with Crippen LogP contribution in [0.2, 0.25) is 0 Å². The molecule has 0 heterocycles. The van der Waals surface area contributed by atoms with E-state index in [0.29, 0.717) is 5.92 Å². The third-order valence-corrected chi connectivity index (χ3v) is 4.00. The van der Waals surface area contributed by atoms with Crippen molar-refractivity contribution in [3.8, 4) is 0 Å². The summed E-state index contributed by atoms with van der Waals surface area (Å²) < 4.78 is 35.7. The van der Waals surface area contributed by atoms with Crippen molar-refractivity contribution in [3.05, 3.63) is 29.6 Å². The fourth-order valence-corrected chi connectivity index (χ4v) is 2.83. The van der Waals surface area contributed by atoms with Gasteiger partial charge in [0.05, 0.1) is 0 Å². The van der Waals surface area contributed by atoms with Gasteiger partial charge in [-0.05, 0) is 37.5 Å². The molecular weight excluding hydrogens is 305 g/mol. The number of hydrogen-bond donors (Lipinski definition) is 1. The SMILES string of the molecule is CC(C)CC(C)NC(=O)c1ccc(F)c(S(=O)(=O)Cl)c1. The Balaban J connectivity index is 2.95. The minimum absolute atomic E-state index is 0.0567. The van der Waals surface area contributed by atoms with Crippen LogP contribution in [-0.2, 0) is 9.05 Å². The molecule has 0 fully saturated rings. The number of benzene rings is 1. The molecule has 1 aromatic carbocycles. The molecule has 1 atom stereocenters. The molecule has 1 amide bonds. The summed E-state index contributed by atoms with van der Waals surface area (Å²) in [5.41, 5.74) is 0.0567. The van der Waals surface area contributed by atoms with Crippen molar-refractivity contribution in [2.75, 3.05) is 0 Å². The lowest BCUT2D eigenvalue weighted by atomic mass is 10.0. The van der Waals surface area contributed by atoms with Crippen LogP contribution in [0.3, 0.4) is 0 Å². The van der Waals surface area contributed by atoms with Crippen LogP contribution in [-0.4, -0.2) is 20.4 Å². The minimum atomic E-state index is -4.22. The molecule has 0 aliphatic carbocycles. The lowest BCUT2D eigenvalue weighted by molar-refractivity contribution is 0.0936. The highest BCUT2D eigenvalue weighted by atomic mass is 35.7. The molecule has 4 nitrogen and oxygen atoms in total. The van der Waals surface area contributed by atoms with Crippen LogP contribution in [0.15, 0.2) is 23.1 Å². The maximum atomic E-state index is 13.4. The molecule has 0 aromatic heterocycles. The Bertz CT molecular complexity index is 602. The molecule has 1 rings (SSSR count). The molecule has 0 bridgehead atoms. The highest BCUT2D eigenvalue weighted by Gasteiger charge is 2.19. The summed E-state index contributed by atoms with van der Waals surface area (Å²) >= 11 is 0. The first-order valence-corrected chi connectivity index (χ1v) is 8.47. The molecule has 1 unspecified atom stereocenters. The van der Waals surface area contributed by atoms with Gasteiger partial charge < -0.3 is 5.32 Å². The molecule has 0 saturated heterocycles. The molecule has 1 aromatic rings. The van der Waals surface area contributed by atoms with Gasteiger partial charge in [-0.3, -0.25) is 4.79 Å². The molecular formula is C13H17ClFNO3S. The molecule has 20 heavy (non-hydrogen) atoms. The van der Waals surface area contributed by atoms with Crippen LogP contribution in [0, 0.1) is 11.7 Å². The quantitative estimate of drug-likeness (QED) is 0.848. The average Bonchev–Trinajstić information content (AvgIpc) is 2.26. The third-order valence-electron chi connectivity index (χ3n) is 2.66. The third kappa shape index (κ3) is 4.76. The first kappa shape index (κ1) is 16.9. The largest absolute Gasteiger partial charge is 0.350 e. The van der Waals surface area contributed by atoms with E-state index < -0.39 is 25.7 Å². The Morgan fingerprint density at radius 2 is 1.95 bits per heavy atom. The molecule has 0 radical (unpaired) electrons. The van der Waals surface area contributed by atoms with Crippen molar-refractivity contribution in [3.63, 3.8) is 0 Å². The van der Waals surface area contributed by atoms with E-state index in [-0.39, 0.29) is 11.6 Å². The summed E-state index contributed by atoms with van der Waals surface area (Å²) in [6, 6.07) is 3.01. The molecule has 0 spiro atoms. The van der Waals surface area contributed by atoms with Gasteiger partial charge in [-0.15, -0.1) is 0 Å². The van der Waals surface area contributed by atoms with E-state index in [1.807, 2.05) is 20.8 Å². The van der Waals surface area contributed by atoms with Crippen molar-refractivity contribution >= 4 is 25.6 Å². The second-order valence-corrected chi connectivity index (χ2v) is 7.62. The first-order chi connectivity index (χ1) is 9.11. The number of hydrogen-bond acceptors (Lipinski definition) is 3. The standard InChI is InChI=1S/C13H17ClFNO3S/c1-8(2)6-9(3)16-13(17)10-4-5-11(15)12(7-10)20(14,18)19/h4-5,7-9H,6H2,1-3H3,(H,16,17). The van der Waals surface area contributed by atoms with Gasteiger partial charge in [-0.25, -0.2) is 12.8 Å². The van der Waals surface area contributed by atoms with E-state index in [2.05, 4.69) is 5.32 Å². The van der Waals surface area contributed by atoms with E-state index in [4.69, 9.17) is 10.7 Å². The van der Waals surface area contributed by atoms with Gasteiger partial charge in [0.15, 0.2) is 0 Å². The van der Waals surface area contributed by atoms with Crippen molar-refractivity contribution in [2.45, 2.75) is 38.1 Å². The van der Waals surface area contributed by atoms with Crippen LogP contribution in [0.4, 0.5) is 4.39 Å². The number of carbonyl (C=O) groups is 1. The van der Waals surface area contributed by atoms with Crippen molar-refractivity contribution in [1.82, 2.24) is 5.32 Å². The Labute approximate surface area is 122 Å². The number of amides is 1. The van der Waals surface area contributed by atoms with E-state index in [9.17, 15) is 17.6 Å². The zero-order valence-corrected chi connectivity index (χ0v) is 13.1. The normalized spacial score (nSPS) is 13.3. The number of carbonyl (C=O) groups excluding carboxylic acids is 1. The Morgan fingerprint density at radius 1 is 1.35 bits per heavy atom. The van der Waals surface area contributed by atoms with Crippen LogP contribution in [0.25, 0.3) is 0 Å². The summed E-state index contributed by atoms with van der Waals surface area (Å²) in [5, 5.41) is 2.73. The predicted molar refractivity (Wildman–Crippen MR) is 75.8 cm³/mol. The van der Waals surface area contributed by atoms with Crippen LogP contribution >= 0.6 is 10.7 Å². The molecule has 0 saturated carbocycles. The number of halogens is 2. The van der Waals surface area contributed by atoms with Crippen LogP contribution in [0.5, 0.6) is 0 Å². The fourth-order valence-electron chi connectivity index (χ4n) is 1.90. The summed E-state index contributed by atoms with van der Waals surface area (Å²) in [4.78, 5) is 11.3. The number of rotatable bonds is 5. The fraction of sp³-hybridized carbons (Fsp3) is 0.462. The van der Waals surface area contributed by atoms with Gasteiger partial charge in [-0.1, -0.05) is 13.8 Å². The van der Waals surface area contributed by atoms with Crippen molar-refractivity contribution in [1.29, 1.82) is 0 Å². The molecule has 1 N–H and O–H groups in total. The van der Waals surface area contributed by atoms with E-state index in [1.54, 1.807) is 0 Å². The van der Waals surface area contributed by atoms with Gasteiger partial charge in [0.2, 0.25) is 0 Å². The zero-order chi connectivity index (χ0) is 15.5. The summed E-state index contributed by atoms with van der Waals surface area (Å²) in [5.74, 6) is -1.02. The lowest BCUT2D eigenvalue weighted by Gasteiger charge is -2.16. The summed E-state index contributed by atoms with van der Waals surface area (Å²) in [7, 11) is 0.896. The van der Waals surface area contributed by atoms with Gasteiger partial charge in [0.1, 0.15) is 10.7 Å². The maximum Gasteiger partial charge on any atom is 0.264 e. The highest BCUT2D eigenvalue weighted by Crippen LogP contribution is 2.20. The lowest BCUT2D eigenvalue weighted by Crippen LogP contribution is -2.33. The molecule has 0 aliphatic heterocycles. The van der Waals surface area contributed by atoms with Gasteiger partial charge in [0.25, 0.3) is 15.0 Å². The first-order valence-electron chi connectivity index (χ1n) is 6.16. The molecule has 0 aliphatic rings. The maximum absolute atomic E-state index is 13.4. The van der Waals surface area contributed by atoms with E-state index >= 15 is 0 Å². The summed E-state index contributed by atoms with van der Waals surface area (Å²) in [6.07, 6.45) is 0.785. The van der Waals surface area contributed by atoms with Crippen LogP contribution < -0.4 is 5.32 Å². The second-order valence-electron chi connectivity index (χ2n) is 5.09. The Hall–Kier alpha value is -1.14. The monoisotopic (exact) mass is 321 g/mol. The summed E-state index contributed by atoms with van der Waals surface area (Å²) in [6.45, 7) is 5.90. The predicted octanol–water partition coefficient (Wildman–Crippen LogP) is 2.92. The smallest absolute Gasteiger partial charge is 0.264 e. The van der Waals surface area contributed by atoms with Crippen molar-refractivity contribution in [2.24, 2.45) is 5.92 Å². The van der Waals surface area contributed by atoms with Gasteiger partial charge >= 0.3 is 0 Å². The minimum Gasteiger partial charge on any atom is -0.350 e. The Morgan fingerprint density at radius 3 is 2.45 bits per heavy atom. The van der Waals surface area contributed by atoms with Gasteiger partial charge in [0, 0.05) is 22.3 Å². The van der Waals surface area contributed by atoms with E-state index in [1.165, 1.54) is 6.07 Å². The average molecular weight is 322 g/mol. The van der Waals surface area contributed by atoms with Gasteiger partial charge in [-0.2, -0.15) is 0 Å². The second kappa shape index (κ2) is 6.54. The molecule has 7 heteroatoms. The van der Waals surface area contributed by atoms with Crippen LogP contribution in [0.1, 0.15) is 37.6 Å². The van der Waals surface area contributed by atoms with E-state index in [0.717, 1.165) is 18.6 Å². The zero-order valence-electron chi connectivity index (χ0n) is 11.5. The number of nitrogens with one attached hydrogen (secondary N) is 1. The Kier molecular flexibility index (Phi) is 5.53. The molecule has 112 valence electrons.